The van der Waals surface area contributed by atoms with Gasteiger partial charge in [-0.15, -0.1) is 24.7 Å². The Balaban J connectivity index is 0. The highest BCUT2D eigenvalue weighted by Gasteiger charge is 1.95. The van der Waals surface area contributed by atoms with Gasteiger partial charge < -0.3 is 0 Å². The molecule has 0 aliphatic heterocycles. The maximum Gasteiger partial charge on any atom is 0.0602 e. The first-order valence-corrected chi connectivity index (χ1v) is 5.27. The fourth-order valence-corrected chi connectivity index (χ4v) is 1.87. The largest absolute Gasteiger partial charge is 0.147 e. The Bertz CT molecular complexity index is 50.5. The molecule has 0 rings (SSSR count). The highest BCUT2D eigenvalue weighted by Crippen LogP contribution is 1.96. The van der Waals surface area contributed by atoms with Gasteiger partial charge in [0.1, 0.15) is 0 Å². The summed E-state index contributed by atoms with van der Waals surface area (Å²) in [6.45, 7) is 8.27. The van der Waals surface area contributed by atoms with E-state index < -0.39 is 8.80 Å². The summed E-state index contributed by atoms with van der Waals surface area (Å²) in [4.78, 5) is 0. The minimum absolute atomic E-state index is 0. The summed E-state index contributed by atoms with van der Waals surface area (Å²) < 4.78 is 0. The van der Waals surface area contributed by atoms with Crippen LogP contribution in [0.2, 0.25) is 12.1 Å². The maximum absolute atomic E-state index is 3.76. The van der Waals surface area contributed by atoms with Gasteiger partial charge in [0.25, 0.3) is 0 Å². The van der Waals surface area contributed by atoms with E-state index in [1.807, 2.05) is 0 Å². The Hall–Kier alpha value is 0.247. The van der Waals surface area contributed by atoms with Crippen molar-refractivity contribution in [1.82, 2.24) is 0 Å². The van der Waals surface area contributed by atoms with Gasteiger partial charge in [-0.3, -0.25) is 0 Å². The van der Waals surface area contributed by atoms with Gasteiger partial charge in [0.15, 0.2) is 0 Å². The lowest BCUT2D eigenvalue weighted by atomic mass is 10.9. The predicted molar refractivity (Wildman–Crippen MR) is 45.6 cm³/mol. The lowest BCUT2D eigenvalue weighted by Crippen LogP contribution is -2.02. The fraction of sp³-hybridized carbons (Fsp3) is 0.667. The number of rotatable bonds is 3. The molecule has 50 valence electrons. The van der Waals surface area contributed by atoms with Gasteiger partial charge in [0, 0.05) is 0 Å². The molecule has 2 heteroatoms. The highest BCUT2D eigenvalue weighted by molar-refractivity contribution is 6.63. The maximum atomic E-state index is 3.76. The van der Waals surface area contributed by atoms with Crippen molar-refractivity contribution in [3.05, 3.63) is 12.3 Å². The van der Waals surface area contributed by atoms with Crippen LogP contribution in [0.1, 0.15) is 13.8 Å². The van der Waals surface area contributed by atoms with Crippen molar-refractivity contribution in [3.8, 4) is 0 Å². The quantitative estimate of drug-likeness (QED) is 0.543. The molecule has 0 spiro atoms. The van der Waals surface area contributed by atoms with Crippen LogP contribution in [0.15, 0.2) is 12.3 Å². The van der Waals surface area contributed by atoms with Crippen LogP contribution in [0.25, 0.3) is 0 Å². The van der Waals surface area contributed by atoms with Crippen LogP contribution in [-0.4, -0.2) is 8.80 Å². The Morgan fingerprint density at radius 3 is 1.75 bits per heavy atom. The summed E-state index contributed by atoms with van der Waals surface area (Å²) in [6, 6.07) is 2.75. The molecule has 0 saturated carbocycles. The van der Waals surface area contributed by atoms with Crippen molar-refractivity contribution in [1.29, 1.82) is 0 Å². The first kappa shape index (κ1) is 11.1. The monoisotopic (exact) mass is 150 g/mol. The lowest BCUT2D eigenvalue weighted by Gasteiger charge is -1.98. The zero-order chi connectivity index (χ0) is 5.70. The van der Waals surface area contributed by atoms with Crippen molar-refractivity contribution in [2.75, 3.05) is 0 Å². The van der Waals surface area contributed by atoms with Crippen LogP contribution in [0.5, 0.6) is 0 Å². The molecule has 0 heterocycles. The molecule has 0 aromatic heterocycles. The summed E-state index contributed by atoms with van der Waals surface area (Å²) >= 11 is 0. The lowest BCUT2D eigenvalue weighted by molar-refractivity contribution is 1.33. The normalized spacial score (nSPS) is 8.38. The van der Waals surface area contributed by atoms with Crippen LogP contribution in [0.3, 0.4) is 0 Å². The van der Waals surface area contributed by atoms with E-state index >= 15 is 0 Å². The van der Waals surface area contributed by atoms with E-state index in [4.69, 9.17) is 0 Å². The minimum atomic E-state index is -0.407. The molecule has 0 radical (unpaired) electrons. The predicted octanol–water partition coefficient (Wildman–Crippen LogP) is 2.40. The van der Waals surface area contributed by atoms with E-state index in [0.717, 1.165) is 0 Å². The van der Waals surface area contributed by atoms with Crippen molar-refractivity contribution >= 4 is 21.2 Å². The molecule has 0 bridgehead atoms. The van der Waals surface area contributed by atoms with Crippen LogP contribution >= 0.6 is 12.4 Å². The average molecular weight is 151 g/mol. The van der Waals surface area contributed by atoms with Crippen LogP contribution in [0.4, 0.5) is 0 Å². The van der Waals surface area contributed by atoms with Crippen molar-refractivity contribution in [3.63, 3.8) is 0 Å². The highest BCUT2D eigenvalue weighted by atomic mass is 35.5. The Morgan fingerprint density at radius 1 is 1.38 bits per heavy atom. The second-order valence-corrected chi connectivity index (χ2v) is 5.44. The second kappa shape index (κ2) is 7.25. The van der Waals surface area contributed by atoms with E-state index in [-0.39, 0.29) is 12.4 Å². The third-order valence-electron chi connectivity index (χ3n) is 1.38. The van der Waals surface area contributed by atoms with Gasteiger partial charge in [0.2, 0.25) is 0 Å². The van der Waals surface area contributed by atoms with Crippen molar-refractivity contribution < 1.29 is 0 Å². The standard InChI is InChI=1S/C6H14Si.ClH/c1-4-7(5-2)6-3;/h4,7H,1,5-6H2,2-3H3;1H. The fourth-order valence-electron chi connectivity index (χ4n) is 0.622. The molecule has 0 aromatic carbocycles. The third-order valence-corrected chi connectivity index (χ3v) is 4.15. The van der Waals surface area contributed by atoms with Crippen molar-refractivity contribution in [2.45, 2.75) is 25.9 Å². The van der Waals surface area contributed by atoms with E-state index in [1.54, 1.807) is 0 Å². The van der Waals surface area contributed by atoms with Gasteiger partial charge >= 0.3 is 0 Å². The van der Waals surface area contributed by atoms with Crippen LogP contribution in [-0.2, 0) is 0 Å². The van der Waals surface area contributed by atoms with Crippen LogP contribution < -0.4 is 0 Å². The molecule has 0 aliphatic carbocycles. The molecule has 0 saturated heterocycles. The molecule has 0 N–H and O–H groups in total. The second-order valence-electron chi connectivity index (χ2n) is 1.81. The molecule has 0 aliphatic rings. The molecule has 0 aromatic rings. The van der Waals surface area contributed by atoms with E-state index in [1.165, 1.54) is 12.1 Å². The smallest absolute Gasteiger partial charge is 0.0602 e. The molecule has 0 unspecified atom stereocenters. The van der Waals surface area contributed by atoms with E-state index in [2.05, 4.69) is 26.1 Å². The molecule has 0 atom stereocenters. The molecule has 0 nitrogen and oxygen atoms in total. The van der Waals surface area contributed by atoms with Crippen LogP contribution in [0, 0.1) is 0 Å². The number of hydrogen-bond donors (Lipinski definition) is 0. The Morgan fingerprint density at radius 2 is 1.75 bits per heavy atom. The van der Waals surface area contributed by atoms with Gasteiger partial charge in [-0.05, 0) is 0 Å². The van der Waals surface area contributed by atoms with Gasteiger partial charge in [-0.2, -0.15) is 0 Å². The zero-order valence-corrected chi connectivity index (χ0v) is 7.66. The average Bonchev–Trinajstić information content (AvgIpc) is 1.72. The summed E-state index contributed by atoms with van der Waals surface area (Å²) in [6.07, 6.45) is 0. The Kier molecular flexibility index (Phi) is 10.1. The Labute approximate surface area is 60.0 Å². The summed E-state index contributed by atoms with van der Waals surface area (Å²) in [7, 11) is -0.407. The molecule has 0 fully saturated rings. The number of hydrogen-bond acceptors (Lipinski definition) is 0. The summed E-state index contributed by atoms with van der Waals surface area (Å²) in [5.74, 6) is 0. The molecule has 8 heavy (non-hydrogen) atoms. The number of halogens is 1. The van der Waals surface area contributed by atoms with Gasteiger partial charge in [-0.1, -0.05) is 25.9 Å². The summed E-state index contributed by atoms with van der Waals surface area (Å²) in [5.41, 5.74) is 2.17. The first-order valence-electron chi connectivity index (χ1n) is 2.97. The molecular weight excluding hydrogens is 136 g/mol. The van der Waals surface area contributed by atoms with Gasteiger partial charge in [0.05, 0.1) is 8.80 Å². The SMILES string of the molecule is C=C[SiH](CC)CC.Cl. The van der Waals surface area contributed by atoms with Crippen molar-refractivity contribution in [2.24, 2.45) is 0 Å². The molecule has 0 amide bonds. The van der Waals surface area contributed by atoms with Gasteiger partial charge in [-0.25, -0.2) is 0 Å². The topological polar surface area (TPSA) is 0 Å². The van der Waals surface area contributed by atoms with E-state index in [0.29, 0.717) is 0 Å². The third kappa shape index (κ3) is 4.41. The molecular formula is C6H15ClSi. The summed E-state index contributed by atoms with van der Waals surface area (Å²) in [5, 5.41) is 0. The zero-order valence-electron chi connectivity index (χ0n) is 5.68. The minimum Gasteiger partial charge on any atom is -0.147 e. The van der Waals surface area contributed by atoms with E-state index in [9.17, 15) is 0 Å². The first-order chi connectivity index (χ1) is 3.35.